The van der Waals surface area contributed by atoms with E-state index >= 15 is 0 Å². The van der Waals surface area contributed by atoms with Gasteiger partial charge in [0.15, 0.2) is 11.6 Å². The Balaban J connectivity index is 2.07. The molecule has 1 aliphatic rings. The molecular formula is C13H21FN4O. The van der Waals surface area contributed by atoms with E-state index in [1.165, 1.54) is 6.20 Å². The van der Waals surface area contributed by atoms with Crippen molar-refractivity contribution in [2.75, 3.05) is 23.8 Å². The first-order valence-electron chi connectivity index (χ1n) is 6.67. The lowest BCUT2D eigenvalue weighted by Crippen LogP contribution is -2.40. The number of hydrogen-bond donors (Lipinski definition) is 2. The molecule has 0 radical (unpaired) electrons. The van der Waals surface area contributed by atoms with Gasteiger partial charge in [-0.1, -0.05) is 0 Å². The highest BCUT2D eigenvalue weighted by molar-refractivity contribution is 5.42. The summed E-state index contributed by atoms with van der Waals surface area (Å²) in [5.41, 5.74) is -0.177. The van der Waals surface area contributed by atoms with Gasteiger partial charge in [0.2, 0.25) is 5.95 Å². The third-order valence-electron chi connectivity index (χ3n) is 3.12. The molecule has 0 amide bonds. The Kier molecular flexibility index (Phi) is 4.19. The van der Waals surface area contributed by atoms with Crippen LogP contribution in [-0.4, -0.2) is 34.8 Å². The van der Waals surface area contributed by atoms with Crippen LogP contribution in [0.4, 0.5) is 16.2 Å². The standard InChI is InChI=1S/C13H21FN4O/c1-4-15-12-16-8-10(14)11(18-12)17-9-5-6-19-13(2,3)7-9/h8-9H,4-7H2,1-3H3,(H2,15,16,17,18). The maximum absolute atomic E-state index is 13.7. The van der Waals surface area contributed by atoms with Crippen LogP contribution in [0.5, 0.6) is 0 Å². The van der Waals surface area contributed by atoms with Crippen LogP contribution in [0.25, 0.3) is 0 Å². The summed E-state index contributed by atoms with van der Waals surface area (Å²) >= 11 is 0. The van der Waals surface area contributed by atoms with Crippen LogP contribution in [0.2, 0.25) is 0 Å². The molecule has 1 fully saturated rings. The van der Waals surface area contributed by atoms with Crippen LogP contribution in [0, 0.1) is 5.82 Å². The molecule has 2 N–H and O–H groups in total. The predicted octanol–water partition coefficient (Wildman–Crippen LogP) is 2.42. The first kappa shape index (κ1) is 14.0. The second-order valence-electron chi connectivity index (χ2n) is 5.36. The molecule has 106 valence electrons. The van der Waals surface area contributed by atoms with Gasteiger partial charge in [0, 0.05) is 19.2 Å². The second kappa shape index (κ2) is 5.69. The van der Waals surface area contributed by atoms with Gasteiger partial charge in [0.05, 0.1) is 11.8 Å². The van der Waals surface area contributed by atoms with E-state index in [0.29, 0.717) is 19.1 Å². The number of hydrogen-bond acceptors (Lipinski definition) is 5. The number of anilines is 2. The summed E-state index contributed by atoms with van der Waals surface area (Å²) in [6.07, 6.45) is 2.87. The molecule has 1 aliphatic heterocycles. The molecule has 5 nitrogen and oxygen atoms in total. The number of halogens is 1. The lowest BCUT2D eigenvalue weighted by atomic mass is 9.94. The van der Waals surface area contributed by atoms with Gasteiger partial charge in [-0.25, -0.2) is 9.37 Å². The fourth-order valence-electron chi connectivity index (χ4n) is 2.26. The van der Waals surface area contributed by atoms with Crippen LogP contribution in [0.15, 0.2) is 6.20 Å². The molecule has 1 aromatic rings. The van der Waals surface area contributed by atoms with Crippen molar-refractivity contribution in [2.45, 2.75) is 45.3 Å². The minimum absolute atomic E-state index is 0.169. The monoisotopic (exact) mass is 268 g/mol. The van der Waals surface area contributed by atoms with Gasteiger partial charge in [0.1, 0.15) is 0 Å². The maximum Gasteiger partial charge on any atom is 0.224 e. The van der Waals surface area contributed by atoms with Crippen molar-refractivity contribution in [3.63, 3.8) is 0 Å². The molecule has 2 heterocycles. The lowest BCUT2D eigenvalue weighted by Gasteiger charge is -2.36. The van der Waals surface area contributed by atoms with Crippen molar-refractivity contribution >= 4 is 11.8 Å². The van der Waals surface area contributed by atoms with Crippen LogP contribution >= 0.6 is 0 Å². The molecule has 0 saturated carbocycles. The summed E-state index contributed by atoms with van der Waals surface area (Å²) in [5.74, 6) is 0.275. The third-order valence-corrected chi connectivity index (χ3v) is 3.12. The van der Waals surface area contributed by atoms with Gasteiger partial charge in [-0.05, 0) is 33.6 Å². The zero-order valence-electron chi connectivity index (χ0n) is 11.7. The van der Waals surface area contributed by atoms with Crippen LogP contribution in [0.1, 0.15) is 33.6 Å². The summed E-state index contributed by atoms with van der Waals surface area (Å²) in [5, 5.41) is 6.13. The van der Waals surface area contributed by atoms with E-state index in [9.17, 15) is 4.39 Å². The van der Waals surface area contributed by atoms with E-state index in [1.807, 2.05) is 20.8 Å². The smallest absolute Gasteiger partial charge is 0.224 e. The molecule has 1 atom stereocenters. The third kappa shape index (κ3) is 3.76. The van der Waals surface area contributed by atoms with Crippen molar-refractivity contribution in [1.82, 2.24) is 9.97 Å². The lowest BCUT2D eigenvalue weighted by molar-refractivity contribution is -0.0553. The van der Waals surface area contributed by atoms with Crippen molar-refractivity contribution in [2.24, 2.45) is 0 Å². The van der Waals surface area contributed by atoms with Crippen LogP contribution in [0.3, 0.4) is 0 Å². The van der Waals surface area contributed by atoms with Gasteiger partial charge in [0.25, 0.3) is 0 Å². The average molecular weight is 268 g/mol. The zero-order valence-corrected chi connectivity index (χ0v) is 11.7. The number of nitrogens with zero attached hydrogens (tertiary/aromatic N) is 2. The summed E-state index contributed by atoms with van der Waals surface area (Å²) in [7, 11) is 0. The minimum atomic E-state index is -0.425. The molecule has 1 aromatic heterocycles. The van der Waals surface area contributed by atoms with E-state index in [-0.39, 0.29) is 17.5 Å². The van der Waals surface area contributed by atoms with Gasteiger partial charge in [-0.2, -0.15) is 4.98 Å². The van der Waals surface area contributed by atoms with Crippen molar-refractivity contribution in [3.05, 3.63) is 12.0 Å². The average Bonchev–Trinajstić information content (AvgIpc) is 2.32. The fourth-order valence-corrected chi connectivity index (χ4v) is 2.26. The Labute approximate surface area is 113 Å². The maximum atomic E-state index is 13.7. The van der Waals surface area contributed by atoms with E-state index in [0.717, 1.165) is 12.8 Å². The molecule has 0 aliphatic carbocycles. The molecule has 0 aromatic carbocycles. The summed E-state index contributed by atoms with van der Waals surface area (Å²) in [6.45, 7) is 7.41. The predicted molar refractivity (Wildman–Crippen MR) is 72.8 cm³/mol. The quantitative estimate of drug-likeness (QED) is 0.878. The highest BCUT2D eigenvalue weighted by atomic mass is 19.1. The molecule has 19 heavy (non-hydrogen) atoms. The van der Waals surface area contributed by atoms with Gasteiger partial charge >= 0.3 is 0 Å². The first-order valence-corrected chi connectivity index (χ1v) is 6.67. The molecule has 1 saturated heterocycles. The van der Waals surface area contributed by atoms with Crippen molar-refractivity contribution in [3.8, 4) is 0 Å². The van der Waals surface area contributed by atoms with Gasteiger partial charge < -0.3 is 15.4 Å². The zero-order chi connectivity index (χ0) is 13.9. The highest BCUT2D eigenvalue weighted by Crippen LogP contribution is 2.26. The molecule has 1 unspecified atom stereocenters. The van der Waals surface area contributed by atoms with E-state index in [1.54, 1.807) is 0 Å². The molecule has 0 bridgehead atoms. The molecule has 2 rings (SSSR count). The molecular weight excluding hydrogens is 247 g/mol. The summed E-state index contributed by atoms with van der Waals surface area (Å²) in [6, 6.07) is 0.169. The Morgan fingerprint density at radius 3 is 3.00 bits per heavy atom. The Hall–Kier alpha value is -1.43. The van der Waals surface area contributed by atoms with Crippen molar-refractivity contribution in [1.29, 1.82) is 0 Å². The van der Waals surface area contributed by atoms with Crippen LogP contribution in [-0.2, 0) is 4.74 Å². The van der Waals surface area contributed by atoms with Gasteiger partial charge in [-0.15, -0.1) is 0 Å². The van der Waals surface area contributed by atoms with E-state index in [2.05, 4.69) is 20.6 Å². The fraction of sp³-hybridized carbons (Fsp3) is 0.692. The molecule has 6 heteroatoms. The van der Waals surface area contributed by atoms with E-state index in [4.69, 9.17) is 4.74 Å². The number of ether oxygens (including phenoxy) is 1. The summed E-state index contributed by atoms with van der Waals surface area (Å²) < 4.78 is 19.4. The number of aromatic nitrogens is 2. The summed E-state index contributed by atoms with van der Waals surface area (Å²) in [4.78, 5) is 8.04. The van der Waals surface area contributed by atoms with Gasteiger partial charge in [-0.3, -0.25) is 0 Å². The highest BCUT2D eigenvalue weighted by Gasteiger charge is 2.29. The normalized spacial score (nSPS) is 22.0. The number of nitrogens with one attached hydrogen (secondary N) is 2. The molecule has 0 spiro atoms. The SMILES string of the molecule is CCNc1ncc(F)c(NC2CCOC(C)(C)C2)n1. The Morgan fingerprint density at radius 2 is 2.32 bits per heavy atom. The Morgan fingerprint density at radius 1 is 1.53 bits per heavy atom. The largest absolute Gasteiger partial charge is 0.375 e. The van der Waals surface area contributed by atoms with Crippen LogP contribution < -0.4 is 10.6 Å². The Bertz CT molecular complexity index is 439. The topological polar surface area (TPSA) is 59.1 Å². The number of rotatable bonds is 4. The first-order chi connectivity index (χ1) is 9.00. The van der Waals surface area contributed by atoms with Crippen molar-refractivity contribution < 1.29 is 9.13 Å². The minimum Gasteiger partial charge on any atom is -0.375 e. The second-order valence-corrected chi connectivity index (χ2v) is 5.36. The van der Waals surface area contributed by atoms with E-state index < -0.39 is 5.82 Å².